The molecule has 0 bridgehead atoms. The minimum atomic E-state index is -0.640. The number of rotatable bonds is 8. The highest BCUT2D eigenvalue weighted by atomic mass is 16.5. The Labute approximate surface area is 169 Å². The van der Waals surface area contributed by atoms with Gasteiger partial charge in [0.2, 0.25) is 0 Å². The summed E-state index contributed by atoms with van der Waals surface area (Å²) in [6.45, 7) is 0.553. The van der Waals surface area contributed by atoms with E-state index in [1.165, 1.54) is 7.11 Å². The molecule has 3 unspecified atom stereocenters. The maximum Gasteiger partial charge on any atom is 0.319 e. The first-order valence-electron chi connectivity index (χ1n) is 9.54. The van der Waals surface area contributed by atoms with Crippen molar-refractivity contribution in [1.29, 1.82) is 0 Å². The topological polar surface area (TPSA) is 115 Å². The molecule has 0 aliphatic carbocycles. The first-order valence-corrected chi connectivity index (χ1v) is 9.54. The molecule has 1 aromatic heterocycles. The van der Waals surface area contributed by atoms with Gasteiger partial charge in [0.05, 0.1) is 30.7 Å². The standard InChI is InChI=1S/C20H27N3O6/c1-26-12-15-10-13(23-29-15)9-14-7-8-17(24)19(28-14)11-21-20(25)22-16-5-3-4-6-18(16)27-2/h3-6,10,14,17,19,24H,7-9,11-12H2,1-2H3,(H2,21,22,25). The van der Waals surface area contributed by atoms with Gasteiger partial charge in [0, 0.05) is 26.1 Å². The number of anilines is 1. The molecular weight excluding hydrogens is 378 g/mol. The summed E-state index contributed by atoms with van der Waals surface area (Å²) >= 11 is 0. The summed E-state index contributed by atoms with van der Waals surface area (Å²) in [5, 5.41) is 19.7. The third-order valence-corrected chi connectivity index (χ3v) is 4.73. The van der Waals surface area contributed by atoms with Gasteiger partial charge >= 0.3 is 6.03 Å². The summed E-state index contributed by atoms with van der Waals surface area (Å²) in [4.78, 5) is 12.2. The number of aliphatic hydroxyl groups excluding tert-OH is 1. The van der Waals surface area contributed by atoms with E-state index in [0.29, 0.717) is 43.1 Å². The Hall–Kier alpha value is -2.62. The molecule has 3 atom stereocenters. The normalized spacial score (nSPS) is 21.6. The van der Waals surface area contributed by atoms with E-state index in [-0.39, 0.29) is 12.6 Å². The summed E-state index contributed by atoms with van der Waals surface area (Å²) in [5.74, 6) is 1.22. The zero-order valence-corrected chi connectivity index (χ0v) is 16.6. The van der Waals surface area contributed by atoms with Crippen LogP contribution in [0.1, 0.15) is 24.3 Å². The van der Waals surface area contributed by atoms with Crippen molar-refractivity contribution in [2.24, 2.45) is 0 Å². The number of aromatic nitrogens is 1. The van der Waals surface area contributed by atoms with Crippen molar-refractivity contribution in [2.45, 2.75) is 44.2 Å². The molecule has 2 aromatic rings. The fourth-order valence-corrected chi connectivity index (χ4v) is 3.29. The molecule has 3 N–H and O–H groups in total. The number of amides is 2. The molecule has 3 rings (SSSR count). The number of para-hydroxylation sites is 2. The van der Waals surface area contributed by atoms with Crippen molar-refractivity contribution in [3.8, 4) is 5.75 Å². The fourth-order valence-electron chi connectivity index (χ4n) is 3.29. The van der Waals surface area contributed by atoms with Gasteiger partial charge in [-0.2, -0.15) is 0 Å². The summed E-state index contributed by atoms with van der Waals surface area (Å²) in [7, 11) is 3.13. The van der Waals surface area contributed by atoms with Crippen molar-refractivity contribution in [3.63, 3.8) is 0 Å². The van der Waals surface area contributed by atoms with Gasteiger partial charge in [0.1, 0.15) is 18.5 Å². The number of urea groups is 1. The number of methoxy groups -OCH3 is 2. The summed E-state index contributed by atoms with van der Waals surface area (Å²) in [5.41, 5.74) is 1.34. The van der Waals surface area contributed by atoms with Crippen LogP contribution in [0.15, 0.2) is 34.9 Å². The molecule has 1 aliphatic heterocycles. The zero-order valence-electron chi connectivity index (χ0n) is 16.6. The lowest BCUT2D eigenvalue weighted by Crippen LogP contribution is -2.47. The number of carbonyl (C=O) groups excluding carboxylic acids is 1. The zero-order chi connectivity index (χ0) is 20.6. The van der Waals surface area contributed by atoms with Crippen molar-refractivity contribution in [1.82, 2.24) is 10.5 Å². The highest BCUT2D eigenvalue weighted by Crippen LogP contribution is 2.24. The van der Waals surface area contributed by atoms with E-state index in [4.69, 9.17) is 18.7 Å². The lowest BCUT2D eigenvalue weighted by Gasteiger charge is -2.33. The maximum atomic E-state index is 12.2. The number of nitrogens with one attached hydrogen (secondary N) is 2. The Bertz CT molecular complexity index is 796. The number of benzene rings is 1. The van der Waals surface area contributed by atoms with Crippen LogP contribution < -0.4 is 15.4 Å². The number of carbonyl (C=O) groups is 1. The predicted molar refractivity (Wildman–Crippen MR) is 105 cm³/mol. The van der Waals surface area contributed by atoms with Crippen LogP contribution in [0.5, 0.6) is 5.75 Å². The Balaban J connectivity index is 1.49. The second kappa shape index (κ2) is 10.2. The van der Waals surface area contributed by atoms with Crippen LogP contribution >= 0.6 is 0 Å². The average Bonchev–Trinajstić information content (AvgIpc) is 3.16. The Morgan fingerprint density at radius 1 is 1.31 bits per heavy atom. The van der Waals surface area contributed by atoms with Crippen LogP contribution in [-0.2, 0) is 22.5 Å². The first-order chi connectivity index (χ1) is 14.1. The molecule has 0 saturated carbocycles. The van der Waals surface area contributed by atoms with E-state index < -0.39 is 18.2 Å². The smallest absolute Gasteiger partial charge is 0.319 e. The average molecular weight is 405 g/mol. The van der Waals surface area contributed by atoms with Gasteiger partial charge in [0.25, 0.3) is 0 Å². The van der Waals surface area contributed by atoms with Gasteiger partial charge in [0.15, 0.2) is 5.76 Å². The quantitative estimate of drug-likeness (QED) is 0.616. The monoisotopic (exact) mass is 405 g/mol. The van der Waals surface area contributed by atoms with Gasteiger partial charge in [-0.05, 0) is 25.0 Å². The molecule has 29 heavy (non-hydrogen) atoms. The number of nitrogens with zero attached hydrogens (tertiary/aromatic N) is 1. The minimum Gasteiger partial charge on any atom is -0.495 e. The minimum absolute atomic E-state index is 0.108. The van der Waals surface area contributed by atoms with Crippen LogP contribution in [0.2, 0.25) is 0 Å². The summed E-state index contributed by atoms with van der Waals surface area (Å²) in [6, 6.07) is 8.58. The van der Waals surface area contributed by atoms with E-state index in [1.54, 1.807) is 25.3 Å². The van der Waals surface area contributed by atoms with Gasteiger partial charge in [-0.1, -0.05) is 17.3 Å². The number of ether oxygens (including phenoxy) is 3. The largest absolute Gasteiger partial charge is 0.495 e. The lowest BCUT2D eigenvalue weighted by atomic mass is 9.98. The van der Waals surface area contributed by atoms with E-state index in [2.05, 4.69) is 15.8 Å². The molecule has 0 spiro atoms. The van der Waals surface area contributed by atoms with Crippen LogP contribution in [0, 0.1) is 0 Å². The Morgan fingerprint density at radius 3 is 2.93 bits per heavy atom. The second-order valence-electron chi connectivity index (χ2n) is 6.90. The van der Waals surface area contributed by atoms with Gasteiger partial charge in [-0.15, -0.1) is 0 Å². The molecule has 158 valence electrons. The Morgan fingerprint density at radius 2 is 2.14 bits per heavy atom. The first kappa shape index (κ1) is 21.1. The number of aliphatic hydroxyl groups is 1. The van der Waals surface area contributed by atoms with E-state index in [9.17, 15) is 9.90 Å². The lowest BCUT2D eigenvalue weighted by molar-refractivity contribution is -0.113. The van der Waals surface area contributed by atoms with Crippen LogP contribution in [0.4, 0.5) is 10.5 Å². The molecule has 0 radical (unpaired) electrons. The summed E-state index contributed by atoms with van der Waals surface area (Å²) in [6.07, 6.45) is 0.625. The van der Waals surface area contributed by atoms with Crippen molar-refractivity contribution < 1.29 is 28.6 Å². The van der Waals surface area contributed by atoms with Gasteiger partial charge < -0.3 is 34.5 Å². The van der Waals surface area contributed by atoms with Gasteiger partial charge in [-0.25, -0.2) is 4.79 Å². The fraction of sp³-hybridized carbons (Fsp3) is 0.500. The van der Waals surface area contributed by atoms with Crippen LogP contribution in [0.3, 0.4) is 0 Å². The molecule has 2 amide bonds. The van der Waals surface area contributed by atoms with Crippen molar-refractivity contribution in [3.05, 3.63) is 41.8 Å². The maximum absolute atomic E-state index is 12.2. The Kier molecular flexibility index (Phi) is 7.45. The third-order valence-electron chi connectivity index (χ3n) is 4.73. The molecule has 9 heteroatoms. The second-order valence-corrected chi connectivity index (χ2v) is 6.90. The molecule has 1 aliphatic rings. The number of hydrogen-bond donors (Lipinski definition) is 3. The van der Waals surface area contributed by atoms with E-state index in [1.807, 2.05) is 12.1 Å². The number of hydrogen-bond acceptors (Lipinski definition) is 7. The molecular formula is C20H27N3O6. The van der Waals surface area contributed by atoms with E-state index in [0.717, 1.165) is 5.69 Å². The third kappa shape index (κ3) is 5.93. The van der Waals surface area contributed by atoms with E-state index >= 15 is 0 Å². The summed E-state index contributed by atoms with van der Waals surface area (Å²) < 4.78 is 21.4. The molecule has 9 nitrogen and oxygen atoms in total. The molecule has 1 aromatic carbocycles. The molecule has 1 saturated heterocycles. The highest BCUT2D eigenvalue weighted by Gasteiger charge is 2.30. The van der Waals surface area contributed by atoms with Crippen LogP contribution in [0.25, 0.3) is 0 Å². The van der Waals surface area contributed by atoms with Gasteiger partial charge in [-0.3, -0.25) is 0 Å². The van der Waals surface area contributed by atoms with Crippen molar-refractivity contribution in [2.75, 3.05) is 26.1 Å². The molecule has 1 fully saturated rings. The molecule has 2 heterocycles. The highest BCUT2D eigenvalue weighted by molar-refractivity contribution is 5.90. The van der Waals surface area contributed by atoms with Crippen LogP contribution in [-0.4, -0.2) is 55.4 Å². The van der Waals surface area contributed by atoms with Crippen molar-refractivity contribution >= 4 is 11.7 Å². The SMILES string of the molecule is COCc1cc(CC2CCC(O)C(CNC(=O)Nc3ccccc3OC)O2)no1. The predicted octanol–water partition coefficient (Wildman–Crippen LogP) is 2.10.